The molecule has 17 heavy (non-hydrogen) atoms. The summed E-state index contributed by atoms with van der Waals surface area (Å²) >= 11 is 0. The van der Waals surface area contributed by atoms with E-state index >= 15 is 0 Å². The summed E-state index contributed by atoms with van der Waals surface area (Å²) in [7, 11) is 0. The van der Waals surface area contributed by atoms with Crippen LogP contribution >= 0.6 is 0 Å². The molecule has 0 aromatic carbocycles. The molecule has 88 valence electrons. The van der Waals surface area contributed by atoms with E-state index in [1.807, 2.05) is 23.6 Å². The monoisotopic (exact) mass is 229 g/mol. The lowest BCUT2D eigenvalue weighted by Crippen LogP contribution is -2.13. The van der Waals surface area contributed by atoms with Crippen molar-refractivity contribution in [2.24, 2.45) is 0 Å². The molecule has 0 bridgehead atoms. The third kappa shape index (κ3) is 2.18. The van der Waals surface area contributed by atoms with Crippen molar-refractivity contribution >= 4 is 17.0 Å². The van der Waals surface area contributed by atoms with Crippen molar-refractivity contribution in [3.63, 3.8) is 0 Å². The Labute approximate surface area is 99.9 Å². The number of rotatable bonds is 5. The van der Waals surface area contributed by atoms with Crippen molar-refractivity contribution < 1.29 is 0 Å². The highest BCUT2D eigenvalue weighted by Gasteiger charge is 2.09. The summed E-state index contributed by atoms with van der Waals surface area (Å²) in [5.74, 6) is 0.727. The van der Waals surface area contributed by atoms with Gasteiger partial charge in [0.2, 0.25) is 0 Å². The van der Waals surface area contributed by atoms with Gasteiger partial charge in [0.1, 0.15) is 11.8 Å². The zero-order chi connectivity index (χ0) is 12.3. The average molecular weight is 229 g/mol. The van der Waals surface area contributed by atoms with Gasteiger partial charge < -0.3 is 9.88 Å². The number of hydrogen-bond donors (Lipinski definition) is 1. The molecule has 2 aromatic heterocycles. The highest BCUT2D eigenvalue weighted by molar-refractivity contribution is 5.82. The van der Waals surface area contributed by atoms with Crippen LogP contribution in [0, 0.1) is 0 Å². The molecule has 0 saturated heterocycles. The second-order valence-corrected chi connectivity index (χ2v) is 3.75. The molecule has 0 radical (unpaired) electrons. The predicted molar refractivity (Wildman–Crippen MR) is 68.8 cm³/mol. The van der Waals surface area contributed by atoms with E-state index in [0.29, 0.717) is 6.54 Å². The number of aromatic nitrogens is 4. The van der Waals surface area contributed by atoms with Crippen molar-refractivity contribution in [3.8, 4) is 0 Å². The van der Waals surface area contributed by atoms with Crippen molar-refractivity contribution in [1.29, 1.82) is 0 Å². The maximum absolute atomic E-state index is 4.32. The zero-order valence-electron chi connectivity index (χ0n) is 9.80. The van der Waals surface area contributed by atoms with Gasteiger partial charge in [-0.2, -0.15) is 0 Å². The molecule has 0 amide bonds. The fourth-order valence-electron chi connectivity index (χ4n) is 1.53. The topological polar surface area (TPSA) is 55.6 Å². The van der Waals surface area contributed by atoms with Crippen LogP contribution in [0.25, 0.3) is 11.2 Å². The number of imidazole rings is 1. The van der Waals surface area contributed by atoms with Crippen LogP contribution in [0.1, 0.15) is 6.92 Å². The van der Waals surface area contributed by atoms with Gasteiger partial charge in [-0.15, -0.1) is 13.2 Å². The predicted octanol–water partition coefficient (Wildman–Crippen LogP) is 2.00. The molecule has 0 spiro atoms. The van der Waals surface area contributed by atoms with Crippen molar-refractivity contribution in [2.45, 2.75) is 19.5 Å². The van der Waals surface area contributed by atoms with Crippen LogP contribution in [-0.2, 0) is 6.54 Å². The average Bonchev–Trinajstić information content (AvgIpc) is 2.74. The molecule has 0 aliphatic rings. The SMILES string of the molecule is C=CCn1cnc2c(NC(C)C=C)ncnc21. The summed E-state index contributed by atoms with van der Waals surface area (Å²) in [6, 6.07) is 0.137. The Morgan fingerprint density at radius 2 is 2.24 bits per heavy atom. The minimum absolute atomic E-state index is 0.137. The van der Waals surface area contributed by atoms with Crippen LogP contribution in [0.5, 0.6) is 0 Å². The highest BCUT2D eigenvalue weighted by Crippen LogP contribution is 2.17. The van der Waals surface area contributed by atoms with E-state index in [1.165, 1.54) is 6.33 Å². The number of allylic oxidation sites excluding steroid dienone is 1. The van der Waals surface area contributed by atoms with Gasteiger partial charge in [-0.05, 0) is 6.92 Å². The zero-order valence-corrected chi connectivity index (χ0v) is 9.80. The van der Waals surface area contributed by atoms with Crippen LogP contribution in [0.15, 0.2) is 38.0 Å². The Kier molecular flexibility index (Phi) is 3.18. The first-order chi connectivity index (χ1) is 8.26. The number of nitrogens with one attached hydrogen (secondary N) is 1. The van der Waals surface area contributed by atoms with Gasteiger partial charge in [-0.3, -0.25) is 0 Å². The molecule has 5 nitrogen and oxygen atoms in total. The number of hydrogen-bond acceptors (Lipinski definition) is 4. The van der Waals surface area contributed by atoms with Crippen LogP contribution < -0.4 is 5.32 Å². The van der Waals surface area contributed by atoms with Gasteiger partial charge in [0.25, 0.3) is 0 Å². The molecule has 1 atom stereocenters. The summed E-state index contributed by atoms with van der Waals surface area (Å²) < 4.78 is 1.92. The van der Waals surface area contributed by atoms with Crippen molar-refractivity contribution in [3.05, 3.63) is 38.0 Å². The fraction of sp³-hybridized carbons (Fsp3) is 0.250. The van der Waals surface area contributed by atoms with Gasteiger partial charge in [0.05, 0.1) is 6.33 Å². The number of nitrogens with zero attached hydrogens (tertiary/aromatic N) is 4. The minimum atomic E-state index is 0.137. The maximum Gasteiger partial charge on any atom is 0.165 e. The second kappa shape index (κ2) is 4.78. The lowest BCUT2D eigenvalue weighted by atomic mass is 10.3. The summed E-state index contributed by atoms with van der Waals surface area (Å²) in [4.78, 5) is 12.7. The summed E-state index contributed by atoms with van der Waals surface area (Å²) in [5, 5.41) is 3.22. The Bertz CT molecular complexity index is 543. The molecule has 0 saturated carbocycles. The molecular formula is C12H15N5. The van der Waals surface area contributed by atoms with E-state index in [2.05, 4.69) is 33.4 Å². The molecule has 2 aromatic rings. The molecule has 2 heterocycles. The maximum atomic E-state index is 4.32. The smallest absolute Gasteiger partial charge is 0.165 e. The Morgan fingerprint density at radius 1 is 1.41 bits per heavy atom. The Balaban J connectivity index is 2.43. The van der Waals surface area contributed by atoms with Crippen molar-refractivity contribution in [2.75, 3.05) is 5.32 Å². The normalized spacial score (nSPS) is 12.3. The Morgan fingerprint density at radius 3 is 2.94 bits per heavy atom. The lowest BCUT2D eigenvalue weighted by molar-refractivity contribution is 0.838. The third-order valence-electron chi connectivity index (χ3n) is 2.44. The molecule has 0 aliphatic carbocycles. The second-order valence-electron chi connectivity index (χ2n) is 3.75. The minimum Gasteiger partial charge on any atom is -0.362 e. The lowest BCUT2D eigenvalue weighted by Gasteiger charge is -2.09. The molecule has 1 N–H and O–H groups in total. The standard InChI is InChI=1S/C12H15N5/c1-4-6-17-8-15-10-11(16-9(3)5-2)13-7-14-12(10)17/h4-5,7-9H,1-2,6H2,3H3,(H,13,14,16). The molecule has 2 rings (SSSR count). The van der Waals surface area contributed by atoms with Gasteiger partial charge in [0.15, 0.2) is 11.5 Å². The van der Waals surface area contributed by atoms with E-state index in [4.69, 9.17) is 0 Å². The van der Waals surface area contributed by atoms with Crippen LogP contribution in [0.2, 0.25) is 0 Å². The number of anilines is 1. The summed E-state index contributed by atoms with van der Waals surface area (Å²) in [6.07, 6.45) is 6.89. The first-order valence-corrected chi connectivity index (χ1v) is 5.42. The van der Waals surface area contributed by atoms with Gasteiger partial charge in [0, 0.05) is 12.6 Å². The quantitative estimate of drug-likeness (QED) is 0.797. The number of fused-ring (bicyclic) bond motifs is 1. The summed E-state index contributed by atoms with van der Waals surface area (Å²) in [5.41, 5.74) is 1.57. The Hall–Kier alpha value is -2.17. The molecular weight excluding hydrogens is 214 g/mol. The van der Waals surface area contributed by atoms with Gasteiger partial charge >= 0.3 is 0 Å². The fourth-order valence-corrected chi connectivity index (χ4v) is 1.53. The molecule has 0 aliphatic heterocycles. The van der Waals surface area contributed by atoms with Crippen molar-refractivity contribution in [1.82, 2.24) is 19.5 Å². The third-order valence-corrected chi connectivity index (χ3v) is 2.44. The van der Waals surface area contributed by atoms with Crippen LogP contribution in [0.3, 0.4) is 0 Å². The van der Waals surface area contributed by atoms with Gasteiger partial charge in [-0.25, -0.2) is 15.0 Å². The first kappa shape index (κ1) is 11.3. The van der Waals surface area contributed by atoms with E-state index in [0.717, 1.165) is 17.0 Å². The molecule has 1 unspecified atom stereocenters. The van der Waals surface area contributed by atoms with E-state index in [1.54, 1.807) is 6.33 Å². The van der Waals surface area contributed by atoms with E-state index < -0.39 is 0 Å². The van der Waals surface area contributed by atoms with Gasteiger partial charge in [-0.1, -0.05) is 12.2 Å². The largest absolute Gasteiger partial charge is 0.362 e. The highest BCUT2D eigenvalue weighted by atomic mass is 15.1. The summed E-state index contributed by atoms with van der Waals surface area (Å²) in [6.45, 7) is 10.1. The van der Waals surface area contributed by atoms with E-state index in [-0.39, 0.29) is 6.04 Å². The first-order valence-electron chi connectivity index (χ1n) is 5.42. The van der Waals surface area contributed by atoms with Crippen LogP contribution in [-0.4, -0.2) is 25.6 Å². The molecule has 5 heteroatoms. The van der Waals surface area contributed by atoms with E-state index in [9.17, 15) is 0 Å². The van der Waals surface area contributed by atoms with Crippen LogP contribution in [0.4, 0.5) is 5.82 Å². The molecule has 0 fully saturated rings.